The van der Waals surface area contributed by atoms with E-state index < -0.39 is 17.7 Å². The number of benzene rings is 1. The van der Waals surface area contributed by atoms with Gasteiger partial charge in [0.1, 0.15) is 23.6 Å². The molecule has 4 heterocycles. The van der Waals surface area contributed by atoms with Gasteiger partial charge in [0.2, 0.25) is 0 Å². The summed E-state index contributed by atoms with van der Waals surface area (Å²) in [4.78, 5) is 31.9. The molecular formula is C25H30ClFN6O4. The second-order valence-corrected chi connectivity index (χ2v) is 9.78. The van der Waals surface area contributed by atoms with Crippen LogP contribution in [0.3, 0.4) is 0 Å². The second-order valence-electron chi connectivity index (χ2n) is 9.78. The molecule has 198 valence electrons. The first-order valence-electron chi connectivity index (χ1n) is 12.0. The minimum Gasteiger partial charge on any atom is -0.488 e. The highest BCUT2D eigenvalue weighted by molar-refractivity contribution is 6.09. The number of aliphatic hydroxyl groups is 1. The Morgan fingerprint density at radius 3 is 2.84 bits per heavy atom. The molecule has 2 aromatic heterocycles. The smallest absolute Gasteiger partial charge is 0.261 e. The van der Waals surface area contributed by atoms with Gasteiger partial charge in [-0.2, -0.15) is 5.10 Å². The van der Waals surface area contributed by atoms with Crippen molar-refractivity contribution in [1.29, 1.82) is 0 Å². The van der Waals surface area contributed by atoms with E-state index in [1.165, 1.54) is 29.5 Å². The number of anilines is 1. The molecule has 1 atom stereocenters. The molecule has 0 aliphatic carbocycles. The van der Waals surface area contributed by atoms with Crippen LogP contribution in [0.5, 0.6) is 5.75 Å². The summed E-state index contributed by atoms with van der Waals surface area (Å²) in [5.74, 6) is -0.365. The maximum atomic E-state index is 14.5. The SMILES string of the molecule is CC(C)(O)[C@H](F)CN1Cc2cc(NC(=O)c3cnn4cccnc34)c(OC3CCNCC3)cc2C1=O.Cl. The fourth-order valence-electron chi connectivity index (χ4n) is 4.43. The first-order chi connectivity index (χ1) is 17.2. The Morgan fingerprint density at radius 1 is 1.35 bits per heavy atom. The average Bonchev–Trinajstić information content (AvgIpc) is 3.41. The molecule has 3 aromatic rings. The summed E-state index contributed by atoms with van der Waals surface area (Å²) in [5.41, 5.74) is 0.610. The predicted octanol–water partition coefficient (Wildman–Crippen LogP) is 2.60. The lowest BCUT2D eigenvalue weighted by Gasteiger charge is -2.26. The number of carbonyl (C=O) groups excluding carboxylic acids is 2. The molecule has 37 heavy (non-hydrogen) atoms. The van der Waals surface area contributed by atoms with E-state index in [0.717, 1.165) is 25.9 Å². The van der Waals surface area contributed by atoms with Crippen LogP contribution in [0.1, 0.15) is 53.0 Å². The normalized spacial score (nSPS) is 16.9. The lowest BCUT2D eigenvalue weighted by atomic mass is 10.0. The lowest BCUT2D eigenvalue weighted by molar-refractivity contribution is -0.0159. The highest BCUT2D eigenvalue weighted by atomic mass is 35.5. The first-order valence-corrected chi connectivity index (χ1v) is 12.0. The Labute approximate surface area is 219 Å². The number of nitrogens with one attached hydrogen (secondary N) is 2. The third-order valence-corrected chi connectivity index (χ3v) is 6.58. The van der Waals surface area contributed by atoms with Gasteiger partial charge in [0.25, 0.3) is 11.8 Å². The van der Waals surface area contributed by atoms with Crippen LogP contribution in [-0.4, -0.2) is 73.9 Å². The van der Waals surface area contributed by atoms with Gasteiger partial charge in [-0.3, -0.25) is 9.59 Å². The van der Waals surface area contributed by atoms with Crippen molar-refractivity contribution in [2.24, 2.45) is 0 Å². The number of amides is 2. The molecule has 10 nitrogen and oxygen atoms in total. The molecule has 5 rings (SSSR count). The fraction of sp³-hybridized carbons (Fsp3) is 0.440. The van der Waals surface area contributed by atoms with Crippen molar-refractivity contribution in [3.63, 3.8) is 0 Å². The summed E-state index contributed by atoms with van der Waals surface area (Å²) >= 11 is 0. The van der Waals surface area contributed by atoms with E-state index in [4.69, 9.17) is 4.74 Å². The van der Waals surface area contributed by atoms with Crippen LogP contribution < -0.4 is 15.4 Å². The van der Waals surface area contributed by atoms with Gasteiger partial charge < -0.3 is 25.4 Å². The van der Waals surface area contributed by atoms with Crippen molar-refractivity contribution in [2.75, 3.05) is 25.0 Å². The minimum absolute atomic E-state index is 0. The van der Waals surface area contributed by atoms with Crippen LogP contribution >= 0.6 is 12.4 Å². The van der Waals surface area contributed by atoms with Gasteiger partial charge in [-0.15, -0.1) is 12.4 Å². The molecule has 0 saturated carbocycles. The van der Waals surface area contributed by atoms with Crippen LogP contribution in [0.15, 0.2) is 36.8 Å². The van der Waals surface area contributed by atoms with E-state index in [0.29, 0.717) is 33.8 Å². The van der Waals surface area contributed by atoms with Crippen molar-refractivity contribution < 1.29 is 23.8 Å². The summed E-state index contributed by atoms with van der Waals surface area (Å²) in [6.45, 7) is 4.30. The van der Waals surface area contributed by atoms with Gasteiger partial charge in [0, 0.05) is 24.5 Å². The Morgan fingerprint density at radius 2 is 2.11 bits per heavy atom. The van der Waals surface area contributed by atoms with Crippen LogP contribution in [-0.2, 0) is 6.54 Å². The lowest BCUT2D eigenvalue weighted by Crippen LogP contribution is -2.42. The molecule has 2 amide bonds. The maximum absolute atomic E-state index is 14.5. The number of aromatic nitrogens is 3. The van der Waals surface area contributed by atoms with Crippen LogP contribution in [0.4, 0.5) is 10.1 Å². The van der Waals surface area contributed by atoms with Gasteiger partial charge >= 0.3 is 0 Å². The van der Waals surface area contributed by atoms with E-state index in [1.807, 2.05) is 0 Å². The molecule has 12 heteroatoms. The quantitative estimate of drug-likeness (QED) is 0.427. The number of alkyl halides is 1. The number of nitrogens with zero attached hydrogens (tertiary/aromatic N) is 4. The topological polar surface area (TPSA) is 121 Å². The zero-order valence-corrected chi connectivity index (χ0v) is 21.4. The standard InChI is InChI=1S/C25H29FN6O4.ClH/c1-25(2,35)21(26)14-31-13-15-10-19(30-23(33)18-12-29-32-9-3-6-28-22(18)32)20(11-17(15)24(31)34)36-16-4-7-27-8-5-16;/h3,6,9-12,16,21,27,35H,4-5,7-8,13-14H2,1-2H3,(H,30,33);1H/t21-;/m1./s1. The number of carbonyl (C=O) groups is 2. The minimum atomic E-state index is -1.61. The summed E-state index contributed by atoms with van der Waals surface area (Å²) in [6, 6.07) is 5.05. The van der Waals surface area contributed by atoms with E-state index >= 15 is 0 Å². The Hall–Kier alpha value is -3.28. The van der Waals surface area contributed by atoms with E-state index in [1.54, 1.807) is 30.6 Å². The number of piperidine rings is 1. The molecule has 0 unspecified atom stereocenters. The number of fused-ring (bicyclic) bond motifs is 2. The third-order valence-electron chi connectivity index (χ3n) is 6.58. The maximum Gasteiger partial charge on any atom is 0.261 e. The van der Waals surface area contributed by atoms with Crippen molar-refractivity contribution >= 4 is 35.6 Å². The molecule has 3 N–H and O–H groups in total. The zero-order chi connectivity index (χ0) is 25.4. The molecular weight excluding hydrogens is 503 g/mol. The highest BCUT2D eigenvalue weighted by Gasteiger charge is 2.35. The van der Waals surface area contributed by atoms with Crippen molar-refractivity contribution in [2.45, 2.75) is 51.1 Å². The summed E-state index contributed by atoms with van der Waals surface area (Å²) in [7, 11) is 0. The van der Waals surface area contributed by atoms with E-state index in [-0.39, 0.29) is 37.5 Å². The Kier molecular flexibility index (Phi) is 7.67. The summed E-state index contributed by atoms with van der Waals surface area (Å²) in [6.07, 6.45) is 4.63. The molecule has 1 aromatic carbocycles. The van der Waals surface area contributed by atoms with Crippen LogP contribution in [0.25, 0.3) is 5.65 Å². The van der Waals surface area contributed by atoms with Crippen LogP contribution in [0.2, 0.25) is 0 Å². The molecule has 0 spiro atoms. The average molecular weight is 533 g/mol. The van der Waals surface area contributed by atoms with Gasteiger partial charge in [0.05, 0.1) is 24.0 Å². The van der Waals surface area contributed by atoms with E-state index in [9.17, 15) is 19.1 Å². The van der Waals surface area contributed by atoms with E-state index in [2.05, 4.69) is 20.7 Å². The third kappa shape index (κ3) is 5.53. The zero-order valence-electron chi connectivity index (χ0n) is 20.6. The Bertz CT molecular complexity index is 1300. The first kappa shape index (κ1) is 26.8. The summed E-state index contributed by atoms with van der Waals surface area (Å²) < 4.78 is 22.3. The summed E-state index contributed by atoms with van der Waals surface area (Å²) in [5, 5.41) is 20.3. The molecule has 2 aliphatic rings. The van der Waals surface area contributed by atoms with Gasteiger partial charge in [-0.05, 0) is 63.5 Å². The molecule has 0 bridgehead atoms. The highest BCUT2D eigenvalue weighted by Crippen LogP contribution is 2.36. The van der Waals surface area contributed by atoms with Crippen molar-refractivity contribution in [3.8, 4) is 5.75 Å². The predicted molar refractivity (Wildman–Crippen MR) is 137 cm³/mol. The fourth-order valence-corrected chi connectivity index (χ4v) is 4.43. The molecule has 0 radical (unpaired) electrons. The molecule has 1 fully saturated rings. The molecule has 2 aliphatic heterocycles. The van der Waals surface area contributed by atoms with Gasteiger partial charge in [-0.25, -0.2) is 13.9 Å². The monoisotopic (exact) mass is 532 g/mol. The van der Waals surface area contributed by atoms with Crippen LogP contribution in [0, 0.1) is 0 Å². The van der Waals surface area contributed by atoms with Crippen molar-refractivity contribution in [3.05, 3.63) is 53.5 Å². The second kappa shape index (κ2) is 10.6. The number of ether oxygens (including phenoxy) is 1. The Balaban J connectivity index is 0.00000320. The largest absolute Gasteiger partial charge is 0.488 e. The molecule has 1 saturated heterocycles. The van der Waals surface area contributed by atoms with Gasteiger partial charge in [0.15, 0.2) is 5.65 Å². The number of hydrogen-bond acceptors (Lipinski definition) is 7. The number of rotatable bonds is 7. The number of hydrogen-bond donors (Lipinski definition) is 3. The van der Waals surface area contributed by atoms with Crippen molar-refractivity contribution in [1.82, 2.24) is 24.8 Å². The number of halogens is 2. The van der Waals surface area contributed by atoms with Gasteiger partial charge in [-0.1, -0.05) is 0 Å².